The highest BCUT2D eigenvalue weighted by molar-refractivity contribution is 7.19. The summed E-state index contributed by atoms with van der Waals surface area (Å²) in [6.45, 7) is 0. The molecule has 0 aliphatic heterocycles. The molecule has 0 N–H and O–H groups in total. The number of hydrogen-bond acceptors (Lipinski definition) is 3. The van der Waals surface area contributed by atoms with Gasteiger partial charge in [-0.2, -0.15) is 0 Å². The minimum Gasteiger partial charge on any atom is -0.435 e. The number of halogens is 2. The molecule has 0 saturated carbocycles. The number of benzene rings is 1. The van der Waals surface area contributed by atoms with Crippen LogP contribution >= 0.6 is 22.9 Å². The number of thiophene rings is 1. The number of oxazole rings is 1. The van der Waals surface area contributed by atoms with Gasteiger partial charge in [-0.25, -0.2) is 9.37 Å². The van der Waals surface area contributed by atoms with Gasteiger partial charge >= 0.3 is 0 Å². The Morgan fingerprint density at radius 2 is 1.89 bits per heavy atom. The summed E-state index contributed by atoms with van der Waals surface area (Å²) in [6, 6.07) is 9.70. The first kappa shape index (κ1) is 11.4. The summed E-state index contributed by atoms with van der Waals surface area (Å²) < 4.78 is 19.1. The quantitative estimate of drug-likeness (QED) is 0.669. The lowest BCUT2D eigenvalue weighted by atomic mass is 10.2. The largest absolute Gasteiger partial charge is 0.435 e. The molecule has 2 aromatic heterocycles. The third-order valence-electron chi connectivity index (χ3n) is 2.41. The van der Waals surface area contributed by atoms with Crippen LogP contribution in [0.4, 0.5) is 4.39 Å². The molecule has 90 valence electrons. The van der Waals surface area contributed by atoms with E-state index in [0.29, 0.717) is 16.0 Å². The molecule has 0 atom stereocenters. The molecule has 3 aromatic rings. The lowest BCUT2D eigenvalue weighted by Crippen LogP contribution is -1.77. The Balaban J connectivity index is 1.96. The molecule has 3 rings (SSSR count). The average molecular weight is 280 g/mol. The number of aromatic nitrogens is 1. The summed E-state index contributed by atoms with van der Waals surface area (Å²) in [5, 5.41) is 0. The van der Waals surface area contributed by atoms with Crippen LogP contribution in [0.3, 0.4) is 0 Å². The molecule has 1 aromatic carbocycles. The minimum absolute atomic E-state index is 0.282. The van der Waals surface area contributed by atoms with E-state index in [0.717, 1.165) is 10.4 Å². The topological polar surface area (TPSA) is 26.0 Å². The normalized spacial score (nSPS) is 10.8. The smallest absolute Gasteiger partial charge is 0.226 e. The van der Waals surface area contributed by atoms with Crippen molar-refractivity contribution >= 4 is 22.9 Å². The summed E-state index contributed by atoms with van der Waals surface area (Å²) in [5.74, 6) is 0.844. The number of hydrogen-bond donors (Lipinski definition) is 0. The van der Waals surface area contributed by atoms with Crippen molar-refractivity contribution in [2.45, 2.75) is 0 Å². The molecular formula is C13H7ClFNOS. The fourth-order valence-electron chi connectivity index (χ4n) is 1.56. The third kappa shape index (κ3) is 2.17. The molecule has 0 bridgehead atoms. The molecule has 2 nitrogen and oxygen atoms in total. The van der Waals surface area contributed by atoms with E-state index in [9.17, 15) is 4.39 Å². The van der Waals surface area contributed by atoms with Gasteiger partial charge in [0.25, 0.3) is 0 Å². The van der Waals surface area contributed by atoms with Crippen LogP contribution in [0.1, 0.15) is 0 Å². The Hall–Kier alpha value is -1.65. The van der Waals surface area contributed by atoms with Crippen LogP contribution in [-0.2, 0) is 0 Å². The zero-order chi connectivity index (χ0) is 12.5. The van der Waals surface area contributed by atoms with Gasteiger partial charge in [0.05, 0.1) is 15.4 Å². The van der Waals surface area contributed by atoms with E-state index < -0.39 is 0 Å². The van der Waals surface area contributed by atoms with Gasteiger partial charge in [0, 0.05) is 5.56 Å². The third-order valence-corrected chi connectivity index (χ3v) is 3.66. The molecule has 5 heteroatoms. The average Bonchev–Trinajstić information content (AvgIpc) is 2.98. The molecular weight excluding hydrogens is 273 g/mol. The predicted octanol–water partition coefficient (Wildman–Crippen LogP) is 4.86. The lowest BCUT2D eigenvalue weighted by molar-refractivity contribution is 0.589. The lowest BCUT2D eigenvalue weighted by Gasteiger charge is -1.94. The molecule has 0 spiro atoms. The summed E-state index contributed by atoms with van der Waals surface area (Å²) in [7, 11) is 0. The van der Waals surface area contributed by atoms with Gasteiger partial charge in [-0.1, -0.05) is 11.6 Å². The Morgan fingerprint density at radius 1 is 1.11 bits per heavy atom. The second-order valence-electron chi connectivity index (χ2n) is 3.64. The number of rotatable bonds is 2. The van der Waals surface area contributed by atoms with E-state index in [2.05, 4.69) is 4.98 Å². The van der Waals surface area contributed by atoms with Gasteiger partial charge in [0.1, 0.15) is 5.82 Å². The summed E-state index contributed by atoms with van der Waals surface area (Å²) in [5.41, 5.74) is 0.741. The SMILES string of the molecule is Fc1ccc(-c2ncc(-c3ccc(Cl)s3)o2)cc1. The summed E-state index contributed by atoms with van der Waals surface area (Å²) >= 11 is 7.29. The maximum absolute atomic E-state index is 12.8. The maximum atomic E-state index is 12.8. The monoisotopic (exact) mass is 279 g/mol. The Bertz CT molecular complexity index is 674. The predicted molar refractivity (Wildman–Crippen MR) is 70.2 cm³/mol. The first-order chi connectivity index (χ1) is 8.72. The van der Waals surface area contributed by atoms with Crippen molar-refractivity contribution in [1.82, 2.24) is 4.98 Å². The molecule has 0 aliphatic rings. The van der Waals surface area contributed by atoms with Gasteiger partial charge in [-0.3, -0.25) is 0 Å². The van der Waals surface area contributed by atoms with Crippen molar-refractivity contribution in [2.24, 2.45) is 0 Å². The van der Waals surface area contributed by atoms with E-state index in [-0.39, 0.29) is 5.82 Å². The standard InChI is InChI=1S/C13H7ClFNOS/c14-12-6-5-11(18-12)10-7-16-13(17-10)8-1-3-9(15)4-2-8/h1-7H. The Labute approximate surface area is 112 Å². The fourth-order valence-corrected chi connectivity index (χ4v) is 2.55. The molecule has 0 radical (unpaired) electrons. The Morgan fingerprint density at radius 3 is 2.56 bits per heavy atom. The van der Waals surface area contributed by atoms with Gasteiger partial charge in [-0.05, 0) is 36.4 Å². The van der Waals surface area contributed by atoms with Gasteiger partial charge in [0.2, 0.25) is 5.89 Å². The van der Waals surface area contributed by atoms with Crippen molar-refractivity contribution < 1.29 is 8.81 Å². The molecule has 0 fully saturated rings. The maximum Gasteiger partial charge on any atom is 0.226 e. The molecule has 2 heterocycles. The van der Waals surface area contributed by atoms with Crippen LogP contribution in [0.5, 0.6) is 0 Å². The van der Waals surface area contributed by atoms with Crippen LogP contribution in [-0.4, -0.2) is 4.98 Å². The van der Waals surface area contributed by atoms with Crippen LogP contribution in [0.25, 0.3) is 22.1 Å². The van der Waals surface area contributed by atoms with Crippen molar-refractivity contribution in [2.75, 3.05) is 0 Å². The highest BCUT2D eigenvalue weighted by atomic mass is 35.5. The summed E-state index contributed by atoms with van der Waals surface area (Å²) in [6.07, 6.45) is 1.64. The second kappa shape index (κ2) is 4.55. The summed E-state index contributed by atoms with van der Waals surface area (Å²) in [4.78, 5) is 5.09. The van der Waals surface area contributed by atoms with Crippen molar-refractivity contribution in [1.29, 1.82) is 0 Å². The first-order valence-electron chi connectivity index (χ1n) is 5.20. The van der Waals surface area contributed by atoms with E-state index in [4.69, 9.17) is 16.0 Å². The zero-order valence-corrected chi connectivity index (χ0v) is 10.6. The van der Waals surface area contributed by atoms with Crippen molar-refractivity contribution in [3.05, 3.63) is 52.7 Å². The molecule has 0 amide bonds. The number of nitrogens with zero attached hydrogens (tertiary/aromatic N) is 1. The van der Waals surface area contributed by atoms with Crippen molar-refractivity contribution in [3.63, 3.8) is 0 Å². The zero-order valence-electron chi connectivity index (χ0n) is 9.06. The van der Waals surface area contributed by atoms with Crippen LogP contribution in [0, 0.1) is 5.82 Å². The highest BCUT2D eigenvalue weighted by Crippen LogP contribution is 2.33. The van der Waals surface area contributed by atoms with E-state index in [1.165, 1.54) is 23.5 Å². The van der Waals surface area contributed by atoms with Crippen LogP contribution in [0.15, 0.2) is 47.0 Å². The van der Waals surface area contributed by atoms with E-state index in [1.807, 2.05) is 12.1 Å². The molecule has 0 aliphatic carbocycles. The highest BCUT2D eigenvalue weighted by Gasteiger charge is 2.10. The van der Waals surface area contributed by atoms with Crippen LogP contribution in [0.2, 0.25) is 4.34 Å². The van der Waals surface area contributed by atoms with Crippen LogP contribution < -0.4 is 0 Å². The second-order valence-corrected chi connectivity index (χ2v) is 5.36. The molecule has 18 heavy (non-hydrogen) atoms. The van der Waals surface area contributed by atoms with Gasteiger partial charge in [-0.15, -0.1) is 11.3 Å². The fraction of sp³-hybridized carbons (Fsp3) is 0. The van der Waals surface area contributed by atoms with Gasteiger partial charge in [0.15, 0.2) is 5.76 Å². The molecule has 0 saturated heterocycles. The minimum atomic E-state index is -0.282. The van der Waals surface area contributed by atoms with E-state index >= 15 is 0 Å². The first-order valence-corrected chi connectivity index (χ1v) is 6.39. The van der Waals surface area contributed by atoms with Crippen molar-refractivity contribution in [3.8, 4) is 22.1 Å². The van der Waals surface area contributed by atoms with E-state index in [1.54, 1.807) is 18.3 Å². The van der Waals surface area contributed by atoms with Gasteiger partial charge < -0.3 is 4.42 Å². The Kier molecular flexibility index (Phi) is 2.89. The molecule has 0 unspecified atom stereocenters.